The quantitative estimate of drug-likeness (QED) is 0.0221. The lowest BCUT2D eigenvalue weighted by molar-refractivity contribution is -0.395. The van der Waals surface area contributed by atoms with Gasteiger partial charge in [0.15, 0.2) is 44.0 Å². The van der Waals surface area contributed by atoms with Gasteiger partial charge in [0.25, 0.3) is 0 Å². The van der Waals surface area contributed by atoms with Gasteiger partial charge in [-0.3, -0.25) is 19.2 Å². The van der Waals surface area contributed by atoms with Gasteiger partial charge in [0.05, 0.1) is 83.6 Å². The minimum atomic E-state index is -2.30. The molecule has 14 bridgehead atoms. The number of ketones is 2. The van der Waals surface area contributed by atoms with Gasteiger partial charge >= 0.3 is 0 Å². The average molecular weight is 1880 g/mol. The van der Waals surface area contributed by atoms with Crippen LogP contribution in [0.15, 0.2) is 58.8 Å². The summed E-state index contributed by atoms with van der Waals surface area (Å²) in [5.41, 5.74) is 0. The Balaban J connectivity index is 0.912. The summed E-state index contributed by atoms with van der Waals surface area (Å²) >= 11 is 1.96. The number of nitrogens with one attached hydrogen (secondary N) is 3. The Kier molecular flexibility index (Phi) is 42.2. The van der Waals surface area contributed by atoms with E-state index in [4.69, 9.17) is 75.8 Å². The Morgan fingerprint density at radius 2 is 0.691 bits per heavy atom. The van der Waals surface area contributed by atoms with E-state index in [1.165, 1.54) is 57.1 Å². The number of aliphatic hydroxyl groups is 19. The monoisotopic (exact) mass is 1880 g/mol. The molecule has 37 atom stereocenters. The number of carbonyl (C=O) groups excluding carboxylic acids is 4. The molecule has 700 valence electrons. The van der Waals surface area contributed by atoms with Crippen molar-refractivity contribution in [3.05, 3.63) is 48.8 Å². The van der Waals surface area contributed by atoms with E-state index in [-0.39, 0.29) is 81.8 Å². The molecule has 21 fully saturated rings. The lowest BCUT2D eigenvalue weighted by atomic mass is 9.95. The minimum Gasteiger partial charge on any atom is -0.394 e. The maximum atomic E-state index is 14.2. The number of pyridine rings is 2. The van der Waals surface area contributed by atoms with E-state index in [2.05, 4.69) is 25.9 Å². The van der Waals surface area contributed by atoms with Gasteiger partial charge in [-0.15, -0.1) is 0 Å². The molecule has 50 heteroatoms. The van der Waals surface area contributed by atoms with Crippen LogP contribution in [0.4, 0.5) is 0 Å². The van der Waals surface area contributed by atoms with Crippen molar-refractivity contribution in [1.82, 2.24) is 25.9 Å². The van der Waals surface area contributed by atoms with Crippen molar-refractivity contribution in [2.75, 3.05) is 114 Å². The van der Waals surface area contributed by atoms with E-state index in [9.17, 15) is 116 Å². The summed E-state index contributed by atoms with van der Waals surface area (Å²) < 4.78 is 95.5. The molecule has 0 aromatic carbocycles. The highest BCUT2D eigenvalue weighted by molar-refractivity contribution is 8.77. The van der Waals surface area contributed by atoms with Crippen LogP contribution < -0.4 is 16.0 Å². The number of carbonyl (C=O) groups is 4. The number of Topliss-reactive ketones (excluding diaryl/α,β-unsaturated/α-hetero) is 2. The molecule has 44 nitrogen and oxygen atoms in total. The van der Waals surface area contributed by atoms with Crippen molar-refractivity contribution in [2.45, 2.75) is 257 Å². The fourth-order valence-corrected chi connectivity index (χ4v) is 20.3. The van der Waals surface area contributed by atoms with Crippen LogP contribution in [0.1, 0.15) is 26.2 Å². The summed E-state index contributed by atoms with van der Waals surface area (Å²) in [5, 5.41) is 231. The minimum absolute atomic E-state index is 0.0233. The molecule has 21 aliphatic heterocycles. The highest BCUT2D eigenvalue weighted by Gasteiger charge is 2.60. The van der Waals surface area contributed by atoms with E-state index in [1.54, 1.807) is 30.6 Å². The lowest BCUT2D eigenvalue weighted by Gasteiger charge is -2.50. The molecule has 23 rings (SSSR count). The molecular weight excluding hydrogens is 1760 g/mol. The zero-order chi connectivity index (χ0) is 88.7. The summed E-state index contributed by atoms with van der Waals surface area (Å²) in [6, 6.07) is 9.91. The zero-order valence-electron chi connectivity index (χ0n) is 66.6. The first-order chi connectivity index (χ1) is 59.1. The smallest absolute Gasteiger partial charge is 0.238 e. The number of aromatic nitrogens is 2. The number of thioether (sulfide) groups is 2. The molecular formula is C73H113N5O39S6. The highest BCUT2D eigenvalue weighted by Crippen LogP contribution is 2.41. The fraction of sp³-hybridized carbons (Fsp3) is 0.808. The molecule has 0 spiro atoms. The number of likely N-dealkylation sites (N-methyl/N-ethyl adjacent to an activating group) is 1. The van der Waals surface area contributed by atoms with Crippen LogP contribution in [0.25, 0.3) is 0 Å². The topological polar surface area (TPSA) is 662 Å². The van der Waals surface area contributed by atoms with E-state index in [0.29, 0.717) is 16.5 Å². The molecule has 2 aromatic heterocycles. The molecule has 0 saturated carbocycles. The standard InChI is InChI=1S/C73H113N5O39S6/c1-31(84)9-15-102-17-18-103-16-10-33(85)21-32(65(100)77-13-19-120-122-42-7-3-5-11-75-42)27-118-29-40-63-49(91)56(98)72(109-40)114-61-38(25-82)105-69(52(94)45(61)87)113-60-37(24-81)108-71(55(97)48(60)90)117-64-41(30-119-28-34(74-2)66(101)78-14-20-121-123-43-8-4-6-12-76-43)110-73(57(99)50(64)92)115-62-39(26-83)106-68(53(95)46(62)88)111-58-35(22-79)104-67(51(93)44(58)86)112-59-36(23-80)107-70(116-63)54(96)47(59)89/h3-8,11-12,32,34-41,44-64,67-74,79-83,86-99H,9-10,13-30H2,1-2H3,(H,77,100)(H,78,101)/t32?,34?,35?,36?,37?,38?,39?,40?,41?,44-,45-,46-,47-,48-,49-,50-,51?,52?,53?,54?,55?,56?,57?,58-,59-,60?,61-,62-,63-,64-,67-,68-,69+,70-,71+,72-,73+/m1/s1. The van der Waals surface area contributed by atoms with E-state index < -0.39 is 283 Å². The first-order valence-electron chi connectivity index (χ1n) is 39.8. The van der Waals surface area contributed by atoms with Crippen LogP contribution in [0.3, 0.4) is 0 Å². The summed E-state index contributed by atoms with van der Waals surface area (Å²) in [4.78, 5) is 61.3. The highest BCUT2D eigenvalue weighted by atomic mass is 33.1. The lowest BCUT2D eigenvalue weighted by Crippen LogP contribution is -2.68. The van der Waals surface area contributed by atoms with Crippen LogP contribution in [0, 0.1) is 5.92 Å². The second-order valence-corrected chi connectivity index (χ2v) is 36.8. The summed E-state index contributed by atoms with van der Waals surface area (Å²) in [6.07, 6.45) is -69.3. The van der Waals surface area contributed by atoms with Crippen molar-refractivity contribution >= 4 is 90.1 Å². The van der Waals surface area contributed by atoms with Crippen molar-refractivity contribution < 1.29 is 192 Å². The number of hydrogen-bond donors (Lipinski definition) is 22. The van der Waals surface area contributed by atoms with E-state index in [1.807, 2.05) is 18.2 Å². The third kappa shape index (κ3) is 27.5. The molecule has 21 aliphatic rings. The van der Waals surface area contributed by atoms with Gasteiger partial charge in [0.2, 0.25) is 11.8 Å². The second kappa shape index (κ2) is 50.8. The third-order valence-electron chi connectivity index (χ3n) is 21.1. The Bertz CT molecular complexity index is 3460. The number of nitrogens with zero attached hydrogens (tertiary/aromatic N) is 2. The van der Waals surface area contributed by atoms with Crippen molar-refractivity contribution in [1.29, 1.82) is 0 Å². The van der Waals surface area contributed by atoms with Crippen molar-refractivity contribution in [2.24, 2.45) is 5.92 Å². The van der Waals surface area contributed by atoms with Crippen LogP contribution in [-0.2, 0) is 95.0 Å². The third-order valence-corrected chi connectivity index (χ3v) is 28.0. The average Bonchev–Trinajstić information content (AvgIpc) is 0.886. The fourth-order valence-electron chi connectivity index (χ4n) is 14.3. The molecule has 21 saturated heterocycles. The molecule has 123 heavy (non-hydrogen) atoms. The summed E-state index contributed by atoms with van der Waals surface area (Å²) in [5.74, 6) is -2.59. The van der Waals surface area contributed by atoms with Crippen LogP contribution in [-0.4, -0.2) is 465 Å². The van der Waals surface area contributed by atoms with Gasteiger partial charge in [-0.25, -0.2) is 9.97 Å². The number of amides is 2. The van der Waals surface area contributed by atoms with Crippen LogP contribution in [0.2, 0.25) is 0 Å². The molecule has 0 aliphatic carbocycles. The predicted octanol–water partition coefficient (Wildman–Crippen LogP) is -9.28. The largest absolute Gasteiger partial charge is 0.394 e. The number of ether oxygens (including phenoxy) is 16. The molecule has 23 heterocycles. The first-order valence-corrected chi connectivity index (χ1v) is 46.8. The predicted molar refractivity (Wildman–Crippen MR) is 428 cm³/mol. The molecule has 2 amide bonds. The first kappa shape index (κ1) is 102. The van der Waals surface area contributed by atoms with Crippen LogP contribution >= 0.6 is 66.7 Å². The Labute approximate surface area is 730 Å². The molecule has 17 unspecified atom stereocenters. The summed E-state index contributed by atoms with van der Waals surface area (Å²) in [7, 11) is 7.12. The second-order valence-electron chi connectivity index (χ2n) is 29.8. The number of aliphatic hydroxyl groups excluding tert-OH is 19. The number of hydrogen-bond acceptors (Lipinski definition) is 48. The van der Waals surface area contributed by atoms with E-state index >= 15 is 0 Å². The Morgan fingerprint density at radius 3 is 0.992 bits per heavy atom. The Hall–Kier alpha value is -2.76. The SMILES string of the molecule is CNC(CSCC1O[C@H]2O[C@@H]3C(CO)O[C@H](O[C@@H]4C(CO)O[C@H](O[C@@H]5C(CO)O[C@H](O[C@@H]6C(CSCC(CC(=O)CCOCCOCCC(C)=O)C(=O)NCCSSc7ccccn7)O[C@H](O[C@@H]7C(CO)O[C@@H](OC8C(CO)O[C@@H](O[C@H]1[C@H](O)C2O)C(O)[C@H]8O)C(O)[C@H]7O)C(O)[C@H]6O)C(O)[C@H]5O)C(O)[C@H]4O)C(O)[C@H]3O)C(=O)NCCSSc1ccccn1. The van der Waals surface area contributed by atoms with Gasteiger partial charge in [0.1, 0.15) is 180 Å². The van der Waals surface area contributed by atoms with Gasteiger partial charge in [-0.2, -0.15) is 23.5 Å². The zero-order valence-corrected chi connectivity index (χ0v) is 71.5. The normalized spacial score (nSPS) is 39.4. The molecule has 22 N–H and O–H groups in total. The maximum Gasteiger partial charge on any atom is 0.238 e. The molecule has 2 aromatic rings. The van der Waals surface area contributed by atoms with Gasteiger partial charge in [0, 0.05) is 79.3 Å². The van der Waals surface area contributed by atoms with Gasteiger partial charge in [-0.1, -0.05) is 33.7 Å². The number of rotatable bonds is 37. The maximum absolute atomic E-state index is 14.2. The van der Waals surface area contributed by atoms with Crippen molar-refractivity contribution in [3.8, 4) is 0 Å². The van der Waals surface area contributed by atoms with E-state index in [0.717, 1.165) is 28.5 Å². The van der Waals surface area contributed by atoms with Gasteiger partial charge in [-0.05, 0) is 59.8 Å². The van der Waals surface area contributed by atoms with Crippen molar-refractivity contribution in [3.63, 3.8) is 0 Å². The Morgan fingerprint density at radius 1 is 0.390 bits per heavy atom. The van der Waals surface area contributed by atoms with Gasteiger partial charge < -0.3 is 189 Å². The van der Waals surface area contributed by atoms with Crippen LogP contribution in [0.5, 0.6) is 0 Å². The summed E-state index contributed by atoms with van der Waals surface area (Å²) in [6.45, 7) is -3.37. The molecule has 0 radical (unpaired) electrons.